The van der Waals surface area contributed by atoms with E-state index in [9.17, 15) is 4.39 Å². The van der Waals surface area contributed by atoms with Crippen LogP contribution in [-0.4, -0.2) is 75.5 Å². The van der Waals surface area contributed by atoms with Gasteiger partial charge in [-0.05, 0) is 57.0 Å². The van der Waals surface area contributed by atoms with Gasteiger partial charge >= 0.3 is 0 Å². The Morgan fingerprint density at radius 2 is 1.90 bits per heavy atom. The molecule has 6 rings (SSSR count). The quantitative estimate of drug-likeness (QED) is 0.284. The number of hydrogen-bond acceptors (Lipinski definition) is 9. The van der Waals surface area contributed by atoms with Crippen LogP contribution in [0.4, 0.5) is 21.7 Å². The van der Waals surface area contributed by atoms with E-state index in [1.54, 1.807) is 24.4 Å². The molecule has 2 aliphatic heterocycles. The number of likely N-dealkylation sites (tertiary alicyclic amines) is 1. The molecule has 0 amide bonds. The smallest absolute Gasteiger partial charge is 0.168 e. The Morgan fingerprint density at radius 3 is 2.71 bits per heavy atom. The molecule has 5 heterocycles. The van der Waals surface area contributed by atoms with E-state index in [1.165, 1.54) is 39.1 Å². The van der Waals surface area contributed by atoms with Crippen molar-refractivity contribution in [1.29, 1.82) is 0 Å². The van der Waals surface area contributed by atoms with Crippen LogP contribution < -0.4 is 20.7 Å². The fourth-order valence-electron chi connectivity index (χ4n) is 5.67. The Balaban J connectivity index is 0.00000353. The molecule has 0 spiro atoms. The molecule has 0 saturated carbocycles. The number of benzene rings is 1. The normalized spacial score (nSPS) is 17.2. The fourth-order valence-corrected chi connectivity index (χ4v) is 5.67. The van der Waals surface area contributed by atoms with Gasteiger partial charge in [-0.3, -0.25) is 4.68 Å². The second-order valence-corrected chi connectivity index (χ2v) is 10.7. The number of pyridine rings is 1. The first-order valence-electron chi connectivity index (χ1n) is 14.3. The van der Waals surface area contributed by atoms with Gasteiger partial charge in [-0.2, -0.15) is 5.10 Å². The van der Waals surface area contributed by atoms with Gasteiger partial charge in [0.05, 0.1) is 25.4 Å². The largest absolute Gasteiger partial charge is 0.496 e. The zero-order chi connectivity index (χ0) is 28.2. The molecule has 2 aliphatic rings. The Morgan fingerprint density at radius 1 is 1.05 bits per heavy atom. The minimum atomic E-state index is -0.450. The zero-order valence-electron chi connectivity index (χ0n) is 23.7. The van der Waals surface area contributed by atoms with Crippen LogP contribution >= 0.6 is 12.4 Å². The van der Waals surface area contributed by atoms with E-state index in [4.69, 9.17) is 15.5 Å². The van der Waals surface area contributed by atoms with Crippen LogP contribution in [0.1, 0.15) is 25.7 Å². The number of nitrogens with one attached hydrogen (secondary N) is 1. The van der Waals surface area contributed by atoms with Crippen molar-refractivity contribution < 1.29 is 9.13 Å². The van der Waals surface area contributed by atoms with Crippen LogP contribution in [0.3, 0.4) is 0 Å². The lowest BCUT2D eigenvalue weighted by atomic mass is 10.0. The summed E-state index contributed by atoms with van der Waals surface area (Å²) in [5.41, 5.74) is 9.66. The first-order valence-corrected chi connectivity index (χ1v) is 14.3. The van der Waals surface area contributed by atoms with Gasteiger partial charge in [0.2, 0.25) is 0 Å². The van der Waals surface area contributed by atoms with E-state index < -0.39 is 5.82 Å². The summed E-state index contributed by atoms with van der Waals surface area (Å²) >= 11 is 0. The summed E-state index contributed by atoms with van der Waals surface area (Å²) in [6.45, 7) is 5.90. The lowest BCUT2D eigenvalue weighted by Gasteiger charge is -2.34. The molecule has 0 unspecified atom stereocenters. The van der Waals surface area contributed by atoms with E-state index in [1.807, 2.05) is 23.1 Å². The van der Waals surface area contributed by atoms with E-state index in [0.717, 1.165) is 55.8 Å². The van der Waals surface area contributed by atoms with Crippen molar-refractivity contribution in [2.75, 3.05) is 50.1 Å². The Labute approximate surface area is 251 Å². The minimum absolute atomic E-state index is 0. The van der Waals surface area contributed by atoms with Crippen LogP contribution in [0.25, 0.3) is 22.5 Å². The molecule has 222 valence electrons. The number of methoxy groups -OCH3 is 1. The molecule has 42 heavy (non-hydrogen) atoms. The molecule has 1 aromatic carbocycles. The zero-order valence-corrected chi connectivity index (χ0v) is 24.6. The third kappa shape index (κ3) is 6.64. The van der Waals surface area contributed by atoms with E-state index in [2.05, 4.69) is 36.4 Å². The molecular formula is C30H37ClFN9O. The van der Waals surface area contributed by atoms with Crippen molar-refractivity contribution >= 4 is 29.7 Å². The maximum atomic E-state index is 14.7. The summed E-state index contributed by atoms with van der Waals surface area (Å²) < 4.78 is 22.1. The number of nitrogens with zero attached hydrogens (tertiary/aromatic N) is 7. The van der Waals surface area contributed by atoms with Crippen LogP contribution in [0.2, 0.25) is 0 Å². The molecule has 4 aromatic rings. The van der Waals surface area contributed by atoms with Crippen molar-refractivity contribution in [2.45, 2.75) is 38.3 Å². The number of nitrogens with two attached hydrogens (primary N) is 1. The Bertz CT molecular complexity index is 1490. The average molecular weight is 594 g/mol. The van der Waals surface area contributed by atoms with E-state index >= 15 is 0 Å². The predicted octanol–water partition coefficient (Wildman–Crippen LogP) is 4.74. The third-order valence-corrected chi connectivity index (χ3v) is 7.80. The molecule has 0 bridgehead atoms. The second kappa shape index (κ2) is 13.5. The first-order chi connectivity index (χ1) is 20.1. The SMILES string of the molecule is COc1cccc(F)c1-c1nccc(Nc2cc(N3CCC[C@H](N)C3)c(-c3cnn(CCN4CCCC4)c3)cn2)n1.Cl. The Hall–Kier alpha value is -3.80. The van der Waals surface area contributed by atoms with E-state index in [-0.39, 0.29) is 29.8 Å². The fraction of sp³-hybridized carbons (Fsp3) is 0.400. The molecule has 0 radical (unpaired) electrons. The highest BCUT2D eigenvalue weighted by Crippen LogP contribution is 2.35. The number of rotatable bonds is 9. The monoisotopic (exact) mass is 593 g/mol. The second-order valence-electron chi connectivity index (χ2n) is 10.7. The number of hydrogen-bond donors (Lipinski definition) is 2. The lowest BCUT2D eigenvalue weighted by molar-refractivity contribution is 0.316. The van der Waals surface area contributed by atoms with Crippen LogP contribution in [-0.2, 0) is 6.54 Å². The Kier molecular flexibility index (Phi) is 9.51. The number of anilines is 3. The standard InChI is InChI=1S/C30H36FN9O.ClH/c1-41-26-8-4-7-24(31)29(26)30-33-10-9-27(37-30)36-28-16-25(39-13-5-6-22(32)20-39)23(18-34-28)21-17-35-40(19-21)15-14-38-11-2-3-12-38;/h4,7-10,16-19,22H,2-3,5-6,11-15,20,32H2,1H3,(H,33,34,36,37);1H/t22-;/m0./s1. The van der Waals surface area contributed by atoms with Crippen LogP contribution in [0.15, 0.2) is 55.1 Å². The summed E-state index contributed by atoms with van der Waals surface area (Å²) in [5, 5.41) is 7.94. The van der Waals surface area contributed by atoms with Crippen molar-refractivity contribution in [1.82, 2.24) is 29.6 Å². The molecule has 2 saturated heterocycles. The summed E-state index contributed by atoms with van der Waals surface area (Å²) in [6.07, 6.45) is 12.1. The molecule has 3 aromatic heterocycles. The summed E-state index contributed by atoms with van der Waals surface area (Å²) in [7, 11) is 1.50. The maximum Gasteiger partial charge on any atom is 0.168 e. The van der Waals surface area contributed by atoms with Gasteiger partial charge in [0, 0.05) is 67.1 Å². The number of aromatic nitrogens is 5. The van der Waals surface area contributed by atoms with Gasteiger partial charge in [-0.25, -0.2) is 19.3 Å². The van der Waals surface area contributed by atoms with Crippen molar-refractivity contribution in [3.63, 3.8) is 0 Å². The molecule has 0 aliphatic carbocycles. The van der Waals surface area contributed by atoms with Gasteiger partial charge < -0.3 is 25.6 Å². The first kappa shape index (κ1) is 29.7. The lowest BCUT2D eigenvalue weighted by Crippen LogP contribution is -2.43. The number of halogens is 2. The summed E-state index contributed by atoms with van der Waals surface area (Å²) in [4.78, 5) is 18.4. The van der Waals surface area contributed by atoms with E-state index in [0.29, 0.717) is 17.4 Å². The molecule has 3 N–H and O–H groups in total. The summed E-state index contributed by atoms with van der Waals surface area (Å²) in [6, 6.07) is 8.52. The highest BCUT2D eigenvalue weighted by Gasteiger charge is 2.22. The van der Waals surface area contributed by atoms with Crippen molar-refractivity contribution in [3.05, 3.63) is 60.9 Å². The van der Waals surface area contributed by atoms with Gasteiger partial charge in [-0.15, -0.1) is 12.4 Å². The van der Waals surface area contributed by atoms with Gasteiger partial charge in [0.15, 0.2) is 5.82 Å². The predicted molar refractivity (Wildman–Crippen MR) is 165 cm³/mol. The van der Waals surface area contributed by atoms with Gasteiger partial charge in [-0.1, -0.05) is 6.07 Å². The van der Waals surface area contributed by atoms with Crippen molar-refractivity contribution in [2.24, 2.45) is 5.73 Å². The molecule has 10 nitrogen and oxygen atoms in total. The highest BCUT2D eigenvalue weighted by atomic mass is 35.5. The maximum absolute atomic E-state index is 14.7. The number of ether oxygens (including phenoxy) is 1. The van der Waals surface area contributed by atoms with Crippen LogP contribution in [0, 0.1) is 5.82 Å². The topological polar surface area (TPSA) is 110 Å². The minimum Gasteiger partial charge on any atom is -0.496 e. The molecule has 12 heteroatoms. The van der Waals surface area contributed by atoms with Gasteiger partial charge in [0.1, 0.15) is 23.2 Å². The average Bonchev–Trinajstić information content (AvgIpc) is 3.69. The highest BCUT2D eigenvalue weighted by molar-refractivity contribution is 5.85. The molecule has 1 atom stereocenters. The van der Waals surface area contributed by atoms with Crippen LogP contribution in [0.5, 0.6) is 5.75 Å². The molecular weight excluding hydrogens is 557 g/mol. The van der Waals surface area contributed by atoms with Crippen molar-refractivity contribution in [3.8, 4) is 28.3 Å². The third-order valence-electron chi connectivity index (χ3n) is 7.80. The van der Waals surface area contributed by atoms with Gasteiger partial charge in [0.25, 0.3) is 0 Å². The number of piperidine rings is 1. The summed E-state index contributed by atoms with van der Waals surface area (Å²) in [5.74, 6) is 1.26. The molecule has 2 fully saturated rings.